The Morgan fingerprint density at radius 2 is 2.05 bits per heavy atom. The fourth-order valence-electron chi connectivity index (χ4n) is 3.15. The fraction of sp³-hybridized carbons (Fsp3) is 0.769. The SMILES string of the molecule is O=C1CN(CC(=O)N[C@H]2COC[C@@H]2N2CCCC2)C(=O)N1. The molecule has 8 nitrogen and oxygen atoms in total. The van der Waals surface area contributed by atoms with Gasteiger partial charge in [-0.25, -0.2) is 4.79 Å². The van der Waals surface area contributed by atoms with Gasteiger partial charge < -0.3 is 15.0 Å². The number of ether oxygens (including phenoxy) is 1. The molecule has 3 rings (SSSR count). The molecule has 2 N–H and O–H groups in total. The van der Waals surface area contributed by atoms with Crippen molar-refractivity contribution in [2.24, 2.45) is 0 Å². The normalized spacial score (nSPS) is 30.0. The Hall–Kier alpha value is -1.67. The van der Waals surface area contributed by atoms with Crippen LogP contribution in [0.1, 0.15) is 12.8 Å². The minimum Gasteiger partial charge on any atom is -0.378 e. The van der Waals surface area contributed by atoms with Crippen LogP contribution in [0.5, 0.6) is 0 Å². The summed E-state index contributed by atoms with van der Waals surface area (Å²) in [4.78, 5) is 38.1. The predicted octanol–water partition coefficient (Wildman–Crippen LogP) is -1.48. The van der Waals surface area contributed by atoms with Gasteiger partial charge in [0.15, 0.2) is 0 Å². The summed E-state index contributed by atoms with van der Waals surface area (Å²) in [5.41, 5.74) is 0. The molecule has 0 saturated carbocycles. The van der Waals surface area contributed by atoms with Crippen molar-refractivity contribution in [1.82, 2.24) is 20.4 Å². The Balaban J connectivity index is 1.52. The molecule has 2 atom stereocenters. The molecule has 0 aromatic heterocycles. The summed E-state index contributed by atoms with van der Waals surface area (Å²) in [6.07, 6.45) is 2.38. The minimum absolute atomic E-state index is 0.0445. The second kappa shape index (κ2) is 5.98. The topological polar surface area (TPSA) is 91.0 Å². The molecule has 3 aliphatic rings. The Labute approximate surface area is 122 Å². The van der Waals surface area contributed by atoms with Gasteiger partial charge in [-0.15, -0.1) is 0 Å². The van der Waals surface area contributed by atoms with Gasteiger partial charge in [0.25, 0.3) is 0 Å². The number of imide groups is 1. The van der Waals surface area contributed by atoms with Crippen molar-refractivity contribution >= 4 is 17.8 Å². The molecule has 0 aromatic carbocycles. The molecule has 21 heavy (non-hydrogen) atoms. The zero-order valence-electron chi connectivity index (χ0n) is 11.8. The number of urea groups is 1. The van der Waals surface area contributed by atoms with E-state index in [4.69, 9.17) is 4.74 Å². The highest BCUT2D eigenvalue weighted by atomic mass is 16.5. The van der Waals surface area contributed by atoms with Crippen LogP contribution in [-0.4, -0.2) is 79.1 Å². The average Bonchev–Trinajstić information content (AvgIpc) is 3.11. The van der Waals surface area contributed by atoms with Gasteiger partial charge >= 0.3 is 6.03 Å². The first-order valence-electron chi connectivity index (χ1n) is 7.33. The van der Waals surface area contributed by atoms with Gasteiger partial charge in [-0.1, -0.05) is 0 Å². The second-order valence-electron chi connectivity index (χ2n) is 5.73. The standard InChI is InChI=1S/C13H20N4O4/c18-11(5-17-6-12(19)15-13(17)20)14-9-7-21-8-10(9)16-3-1-2-4-16/h9-10H,1-8H2,(H,14,18)(H,15,19,20)/t9-,10-/m0/s1. The van der Waals surface area contributed by atoms with Crippen LogP contribution >= 0.6 is 0 Å². The lowest BCUT2D eigenvalue weighted by Gasteiger charge is -2.28. The molecule has 0 aromatic rings. The van der Waals surface area contributed by atoms with Crippen molar-refractivity contribution < 1.29 is 19.1 Å². The third kappa shape index (κ3) is 3.16. The van der Waals surface area contributed by atoms with E-state index in [1.807, 2.05) is 0 Å². The molecule has 3 heterocycles. The molecule has 0 bridgehead atoms. The number of carbonyl (C=O) groups excluding carboxylic acids is 3. The molecule has 3 fully saturated rings. The maximum Gasteiger partial charge on any atom is 0.325 e. The van der Waals surface area contributed by atoms with Crippen LogP contribution in [-0.2, 0) is 14.3 Å². The fourth-order valence-corrected chi connectivity index (χ4v) is 3.15. The number of carbonyl (C=O) groups is 3. The van der Waals surface area contributed by atoms with Crippen LogP contribution in [0.15, 0.2) is 0 Å². The van der Waals surface area contributed by atoms with Crippen molar-refractivity contribution in [2.45, 2.75) is 24.9 Å². The van der Waals surface area contributed by atoms with E-state index in [9.17, 15) is 14.4 Å². The summed E-state index contributed by atoms with van der Waals surface area (Å²) < 4.78 is 5.49. The Morgan fingerprint density at radius 3 is 2.71 bits per heavy atom. The first-order chi connectivity index (χ1) is 10.1. The van der Waals surface area contributed by atoms with Crippen molar-refractivity contribution in [2.75, 3.05) is 39.4 Å². The molecule has 0 radical (unpaired) electrons. The van der Waals surface area contributed by atoms with Crippen LogP contribution in [0.25, 0.3) is 0 Å². The van der Waals surface area contributed by atoms with Gasteiger partial charge in [-0.2, -0.15) is 0 Å². The maximum absolute atomic E-state index is 12.0. The minimum atomic E-state index is -0.506. The lowest BCUT2D eigenvalue weighted by atomic mass is 10.1. The highest BCUT2D eigenvalue weighted by Gasteiger charge is 2.36. The molecule has 0 unspecified atom stereocenters. The Bertz CT molecular complexity index is 449. The van der Waals surface area contributed by atoms with E-state index < -0.39 is 6.03 Å². The van der Waals surface area contributed by atoms with Crippen molar-refractivity contribution in [1.29, 1.82) is 0 Å². The number of rotatable bonds is 4. The molecule has 8 heteroatoms. The highest BCUT2D eigenvalue weighted by Crippen LogP contribution is 2.19. The Morgan fingerprint density at radius 1 is 1.29 bits per heavy atom. The zero-order chi connectivity index (χ0) is 14.8. The van der Waals surface area contributed by atoms with Crippen LogP contribution in [0, 0.1) is 0 Å². The van der Waals surface area contributed by atoms with Crippen molar-refractivity contribution in [3.63, 3.8) is 0 Å². The molecule has 0 spiro atoms. The molecule has 3 saturated heterocycles. The first-order valence-corrected chi connectivity index (χ1v) is 7.33. The van der Waals surface area contributed by atoms with Gasteiger partial charge in [0, 0.05) is 0 Å². The lowest BCUT2D eigenvalue weighted by Crippen LogP contribution is -2.52. The van der Waals surface area contributed by atoms with E-state index in [0.29, 0.717) is 13.2 Å². The summed E-state index contributed by atoms with van der Waals surface area (Å²) in [5.74, 6) is -0.619. The number of amides is 4. The number of likely N-dealkylation sites (tertiary alicyclic amines) is 1. The van der Waals surface area contributed by atoms with Gasteiger partial charge in [0.05, 0.1) is 25.3 Å². The summed E-state index contributed by atoms with van der Waals surface area (Å²) in [6.45, 7) is 3.07. The highest BCUT2D eigenvalue weighted by molar-refractivity contribution is 6.03. The molecular formula is C13H20N4O4. The first kappa shape index (κ1) is 14.3. The zero-order valence-corrected chi connectivity index (χ0v) is 11.8. The third-order valence-electron chi connectivity index (χ3n) is 4.21. The van der Waals surface area contributed by atoms with Crippen LogP contribution < -0.4 is 10.6 Å². The average molecular weight is 296 g/mol. The van der Waals surface area contributed by atoms with Crippen molar-refractivity contribution in [3.05, 3.63) is 0 Å². The van der Waals surface area contributed by atoms with Crippen LogP contribution in [0.2, 0.25) is 0 Å². The van der Waals surface area contributed by atoms with Gasteiger partial charge in [0.1, 0.15) is 13.1 Å². The monoisotopic (exact) mass is 296 g/mol. The predicted molar refractivity (Wildman–Crippen MR) is 72.5 cm³/mol. The van der Waals surface area contributed by atoms with Gasteiger partial charge in [0.2, 0.25) is 11.8 Å². The molecule has 4 amide bonds. The summed E-state index contributed by atoms with van der Waals surface area (Å²) >= 11 is 0. The lowest BCUT2D eigenvalue weighted by molar-refractivity contribution is -0.122. The van der Waals surface area contributed by atoms with E-state index in [1.165, 1.54) is 17.7 Å². The van der Waals surface area contributed by atoms with E-state index in [-0.39, 0.29) is 37.0 Å². The summed E-state index contributed by atoms with van der Waals surface area (Å²) in [7, 11) is 0. The largest absolute Gasteiger partial charge is 0.378 e. The Kier molecular flexibility index (Phi) is 4.07. The number of nitrogens with zero attached hydrogens (tertiary/aromatic N) is 2. The van der Waals surface area contributed by atoms with Crippen molar-refractivity contribution in [3.8, 4) is 0 Å². The van der Waals surface area contributed by atoms with Gasteiger partial charge in [-0.3, -0.25) is 19.8 Å². The van der Waals surface area contributed by atoms with Crippen LogP contribution in [0.4, 0.5) is 4.79 Å². The van der Waals surface area contributed by atoms with Gasteiger partial charge in [-0.05, 0) is 25.9 Å². The van der Waals surface area contributed by atoms with E-state index in [0.717, 1.165) is 13.1 Å². The molecule has 116 valence electrons. The summed E-state index contributed by atoms with van der Waals surface area (Å²) in [6, 6.07) is -0.337. The van der Waals surface area contributed by atoms with E-state index >= 15 is 0 Å². The van der Waals surface area contributed by atoms with E-state index in [1.54, 1.807) is 0 Å². The number of hydrogen-bond donors (Lipinski definition) is 2. The van der Waals surface area contributed by atoms with Crippen LogP contribution in [0.3, 0.4) is 0 Å². The molecule has 3 aliphatic heterocycles. The number of hydrogen-bond acceptors (Lipinski definition) is 5. The summed E-state index contributed by atoms with van der Waals surface area (Å²) in [5, 5.41) is 5.08. The van der Waals surface area contributed by atoms with E-state index in [2.05, 4.69) is 15.5 Å². The smallest absolute Gasteiger partial charge is 0.325 e. The maximum atomic E-state index is 12.0. The third-order valence-corrected chi connectivity index (χ3v) is 4.21. The second-order valence-corrected chi connectivity index (χ2v) is 5.73. The molecular weight excluding hydrogens is 276 g/mol. The quantitative estimate of drug-likeness (QED) is 0.617. The number of nitrogens with one attached hydrogen (secondary N) is 2. The molecule has 0 aliphatic carbocycles.